The number of carbonyl (C=O) groups is 1. The summed E-state index contributed by atoms with van der Waals surface area (Å²) in [5.74, 6) is -1.16. The van der Waals surface area contributed by atoms with Gasteiger partial charge in [0.2, 0.25) is 0 Å². The molecule has 6 heteroatoms. The van der Waals surface area contributed by atoms with Crippen LogP contribution in [0.4, 0.5) is 0 Å². The van der Waals surface area contributed by atoms with Crippen LogP contribution in [0.1, 0.15) is 19.8 Å². The van der Waals surface area contributed by atoms with E-state index >= 15 is 0 Å². The molecule has 12 heavy (non-hydrogen) atoms. The van der Waals surface area contributed by atoms with Gasteiger partial charge in [-0.25, -0.2) is 4.79 Å². The summed E-state index contributed by atoms with van der Waals surface area (Å²) in [4.78, 5) is 9.79. The molecule has 0 saturated carbocycles. The molecule has 0 fully saturated rings. The molecular weight excluding hydrogens is 216 g/mol. The molecule has 0 radical (unpaired) electrons. The summed E-state index contributed by atoms with van der Waals surface area (Å²) in [6.07, 6.45) is 2.04. The molecule has 0 rings (SSSR count). The van der Waals surface area contributed by atoms with Crippen molar-refractivity contribution in [2.24, 2.45) is 0 Å². The van der Waals surface area contributed by atoms with Crippen LogP contribution in [0.5, 0.6) is 0 Å². The number of hydrogen-bond donors (Lipinski definition) is 5. The third-order valence-electron chi connectivity index (χ3n) is 0.799. The zero-order chi connectivity index (χ0) is 10.2. The Morgan fingerprint density at radius 1 is 1.42 bits per heavy atom. The SMILES string of the molecule is CCCCO.O=C(O)C(S)(S)S. The van der Waals surface area contributed by atoms with Crippen LogP contribution in [-0.4, -0.2) is 26.2 Å². The van der Waals surface area contributed by atoms with E-state index in [1.165, 1.54) is 0 Å². The van der Waals surface area contributed by atoms with Crippen molar-refractivity contribution in [3.05, 3.63) is 0 Å². The average Bonchev–Trinajstić information content (AvgIpc) is 1.88. The van der Waals surface area contributed by atoms with Gasteiger partial charge in [-0.2, -0.15) is 0 Å². The molecule has 0 aromatic rings. The van der Waals surface area contributed by atoms with Crippen molar-refractivity contribution < 1.29 is 15.0 Å². The van der Waals surface area contributed by atoms with E-state index < -0.39 is 9.38 Å². The van der Waals surface area contributed by atoms with Gasteiger partial charge in [0.05, 0.1) is 0 Å². The lowest BCUT2D eigenvalue weighted by atomic mass is 10.4. The van der Waals surface area contributed by atoms with Crippen molar-refractivity contribution in [3.63, 3.8) is 0 Å². The molecule has 0 aliphatic carbocycles. The summed E-state index contributed by atoms with van der Waals surface area (Å²) in [6, 6.07) is 0. The Hall–Kier alpha value is 0.480. The average molecular weight is 230 g/mol. The summed E-state index contributed by atoms with van der Waals surface area (Å²) in [7, 11) is 0. The molecule has 0 aliphatic rings. The maximum atomic E-state index is 9.79. The van der Waals surface area contributed by atoms with Gasteiger partial charge < -0.3 is 10.2 Å². The molecule has 0 spiro atoms. The zero-order valence-corrected chi connectivity index (χ0v) is 9.45. The van der Waals surface area contributed by atoms with E-state index in [0.29, 0.717) is 6.61 Å². The van der Waals surface area contributed by atoms with E-state index in [9.17, 15) is 4.79 Å². The smallest absolute Gasteiger partial charge is 0.339 e. The van der Waals surface area contributed by atoms with Crippen molar-refractivity contribution in [1.29, 1.82) is 0 Å². The number of hydrogen-bond acceptors (Lipinski definition) is 5. The van der Waals surface area contributed by atoms with Crippen molar-refractivity contribution in [2.75, 3.05) is 6.61 Å². The summed E-state index contributed by atoms with van der Waals surface area (Å²) in [5.41, 5.74) is 0. The zero-order valence-electron chi connectivity index (χ0n) is 6.77. The first-order chi connectivity index (χ1) is 5.36. The first-order valence-corrected chi connectivity index (χ1v) is 4.71. The second-order valence-corrected chi connectivity index (χ2v) is 5.09. The van der Waals surface area contributed by atoms with Crippen LogP contribution in [0.3, 0.4) is 0 Å². The van der Waals surface area contributed by atoms with Crippen molar-refractivity contribution in [1.82, 2.24) is 0 Å². The Labute approximate surface area is 88.8 Å². The van der Waals surface area contributed by atoms with Gasteiger partial charge in [0.15, 0.2) is 3.41 Å². The minimum atomic E-state index is -1.50. The van der Waals surface area contributed by atoms with Crippen molar-refractivity contribution in [2.45, 2.75) is 23.2 Å². The molecule has 0 aromatic heterocycles. The first-order valence-electron chi connectivity index (χ1n) is 3.37. The monoisotopic (exact) mass is 230 g/mol. The molecule has 0 aromatic carbocycles. The number of carboxylic acid groups (broad SMARTS) is 1. The Balaban J connectivity index is 0. The lowest BCUT2D eigenvalue weighted by Gasteiger charge is -2.05. The van der Waals surface area contributed by atoms with Crippen molar-refractivity contribution >= 4 is 43.9 Å². The van der Waals surface area contributed by atoms with Crippen LogP contribution in [0, 0.1) is 0 Å². The van der Waals surface area contributed by atoms with Gasteiger partial charge in [-0.15, -0.1) is 37.9 Å². The first kappa shape index (κ1) is 15.0. The third kappa shape index (κ3) is 13.1. The number of thiol groups is 3. The molecular formula is C6H14O3S3. The minimum Gasteiger partial charge on any atom is -0.479 e. The van der Waals surface area contributed by atoms with E-state index in [-0.39, 0.29) is 0 Å². The van der Waals surface area contributed by atoms with E-state index in [1.807, 2.05) is 0 Å². The van der Waals surface area contributed by atoms with Crippen LogP contribution < -0.4 is 0 Å². The third-order valence-corrected chi connectivity index (χ3v) is 1.37. The lowest BCUT2D eigenvalue weighted by Crippen LogP contribution is -2.17. The van der Waals surface area contributed by atoms with Gasteiger partial charge in [0.25, 0.3) is 0 Å². The molecule has 0 saturated heterocycles. The van der Waals surface area contributed by atoms with Gasteiger partial charge in [0, 0.05) is 6.61 Å². The molecule has 0 bridgehead atoms. The fraction of sp³-hybridized carbons (Fsp3) is 0.833. The number of carboxylic acids is 1. The lowest BCUT2D eigenvalue weighted by molar-refractivity contribution is -0.135. The number of rotatable bonds is 3. The Bertz CT molecular complexity index is 120. The molecule has 0 heterocycles. The fourth-order valence-electron chi connectivity index (χ4n) is 0.158. The number of aliphatic hydroxyl groups excluding tert-OH is 1. The second kappa shape index (κ2) is 8.10. The fourth-order valence-corrected chi connectivity index (χ4v) is 0.158. The molecule has 0 unspecified atom stereocenters. The van der Waals surface area contributed by atoms with Gasteiger partial charge in [-0.3, -0.25) is 0 Å². The van der Waals surface area contributed by atoms with Crippen LogP contribution in [-0.2, 0) is 4.79 Å². The molecule has 3 nitrogen and oxygen atoms in total. The van der Waals surface area contributed by atoms with Crippen LogP contribution >= 0.6 is 37.9 Å². The van der Waals surface area contributed by atoms with E-state index in [2.05, 4.69) is 44.8 Å². The Morgan fingerprint density at radius 2 is 1.75 bits per heavy atom. The van der Waals surface area contributed by atoms with E-state index in [1.54, 1.807) is 0 Å². The highest BCUT2D eigenvalue weighted by molar-refractivity contribution is 8.18. The maximum absolute atomic E-state index is 9.79. The number of aliphatic carboxylic acids is 1. The second-order valence-electron chi connectivity index (χ2n) is 2.02. The van der Waals surface area contributed by atoms with Gasteiger partial charge >= 0.3 is 5.97 Å². The molecule has 0 aliphatic heterocycles. The predicted octanol–water partition coefficient (Wildman–Crippen LogP) is 1.29. The van der Waals surface area contributed by atoms with E-state index in [0.717, 1.165) is 12.8 Å². The molecule has 0 amide bonds. The Kier molecular flexibility index (Phi) is 10.1. The summed E-state index contributed by atoms with van der Waals surface area (Å²) >= 11 is 10.4. The van der Waals surface area contributed by atoms with Crippen LogP contribution in [0.15, 0.2) is 0 Å². The topological polar surface area (TPSA) is 57.5 Å². The highest BCUT2D eigenvalue weighted by Crippen LogP contribution is 2.23. The standard InChI is InChI=1S/C4H10O.C2H4O2S3/c1-2-3-4-5;3-1(4)2(5,6)7/h5H,2-4H2,1H3;5-7H,(H,3,4). The number of aliphatic hydroxyl groups is 1. The Morgan fingerprint density at radius 3 is 1.75 bits per heavy atom. The normalized spacial score (nSPS) is 10.1. The van der Waals surface area contributed by atoms with E-state index in [4.69, 9.17) is 10.2 Å². The molecule has 2 N–H and O–H groups in total. The van der Waals surface area contributed by atoms with Crippen molar-refractivity contribution in [3.8, 4) is 0 Å². The quantitative estimate of drug-likeness (QED) is 0.375. The molecule has 74 valence electrons. The van der Waals surface area contributed by atoms with Crippen LogP contribution in [0.25, 0.3) is 0 Å². The highest BCUT2D eigenvalue weighted by Gasteiger charge is 2.23. The highest BCUT2D eigenvalue weighted by atomic mass is 32.2. The largest absolute Gasteiger partial charge is 0.479 e. The van der Waals surface area contributed by atoms with Crippen LogP contribution in [0.2, 0.25) is 0 Å². The maximum Gasteiger partial charge on any atom is 0.339 e. The summed E-state index contributed by atoms with van der Waals surface area (Å²) < 4.78 is -1.50. The van der Waals surface area contributed by atoms with Gasteiger partial charge in [-0.05, 0) is 6.42 Å². The van der Waals surface area contributed by atoms with Gasteiger partial charge in [-0.1, -0.05) is 13.3 Å². The van der Waals surface area contributed by atoms with Gasteiger partial charge in [0.1, 0.15) is 0 Å². The molecule has 0 atom stereocenters. The minimum absolute atomic E-state index is 0.344. The predicted molar refractivity (Wildman–Crippen MR) is 59.3 cm³/mol. The number of unbranched alkanes of at least 4 members (excludes halogenated alkanes) is 1. The summed E-state index contributed by atoms with van der Waals surface area (Å²) in [5, 5.41) is 16.1. The summed E-state index contributed by atoms with van der Waals surface area (Å²) in [6.45, 7) is 2.40.